The smallest absolute Gasteiger partial charge is 0.262 e. The molecule has 2 aromatic carbocycles. The molecule has 0 bridgehead atoms. The minimum Gasteiger partial charge on any atom is -0.491 e. The Morgan fingerprint density at radius 3 is 2.69 bits per heavy atom. The lowest BCUT2D eigenvalue weighted by Gasteiger charge is -2.14. The molecule has 148 valence electrons. The van der Waals surface area contributed by atoms with Crippen LogP contribution in [-0.2, 0) is 6.54 Å². The van der Waals surface area contributed by atoms with Gasteiger partial charge in [-0.1, -0.05) is 36.4 Å². The number of ether oxygens (including phenoxy) is 1. The SMILES string of the molecule is Cc1ccc(-c2csc3ncn(CC(O)COc4ccccc4)c(=O)c23)cc1C. The molecule has 1 N–H and O–H groups in total. The van der Waals surface area contributed by atoms with Crippen molar-refractivity contribution in [2.75, 3.05) is 6.61 Å². The number of aliphatic hydroxyl groups excluding tert-OH is 1. The van der Waals surface area contributed by atoms with Crippen LogP contribution < -0.4 is 10.3 Å². The fourth-order valence-electron chi connectivity index (χ4n) is 3.21. The van der Waals surface area contributed by atoms with Crippen LogP contribution in [0.1, 0.15) is 11.1 Å². The summed E-state index contributed by atoms with van der Waals surface area (Å²) >= 11 is 1.46. The summed E-state index contributed by atoms with van der Waals surface area (Å²) in [6.07, 6.45) is 0.674. The summed E-state index contributed by atoms with van der Waals surface area (Å²) in [4.78, 5) is 18.3. The quantitative estimate of drug-likeness (QED) is 0.522. The van der Waals surface area contributed by atoms with Gasteiger partial charge in [-0.3, -0.25) is 9.36 Å². The van der Waals surface area contributed by atoms with Crippen LogP contribution in [-0.4, -0.2) is 27.4 Å². The highest BCUT2D eigenvalue weighted by molar-refractivity contribution is 7.17. The summed E-state index contributed by atoms with van der Waals surface area (Å²) < 4.78 is 7.04. The lowest BCUT2D eigenvalue weighted by atomic mass is 10.0. The molecule has 1 unspecified atom stereocenters. The molecule has 0 aliphatic carbocycles. The van der Waals surface area contributed by atoms with Gasteiger partial charge in [-0.25, -0.2) is 4.98 Å². The van der Waals surface area contributed by atoms with Crippen molar-refractivity contribution in [3.8, 4) is 16.9 Å². The molecule has 4 rings (SSSR count). The van der Waals surface area contributed by atoms with Gasteiger partial charge in [0.1, 0.15) is 23.3 Å². The first-order chi connectivity index (χ1) is 14.0. The summed E-state index contributed by atoms with van der Waals surface area (Å²) in [6, 6.07) is 15.5. The number of rotatable bonds is 6. The molecule has 5 nitrogen and oxygen atoms in total. The zero-order valence-corrected chi connectivity index (χ0v) is 17.1. The Morgan fingerprint density at radius 1 is 1.14 bits per heavy atom. The van der Waals surface area contributed by atoms with Gasteiger partial charge in [-0.2, -0.15) is 0 Å². The Bertz CT molecular complexity index is 1200. The summed E-state index contributed by atoms with van der Waals surface area (Å²) in [5.41, 5.74) is 4.13. The van der Waals surface area contributed by atoms with E-state index in [4.69, 9.17) is 4.74 Å². The summed E-state index contributed by atoms with van der Waals surface area (Å²) in [5.74, 6) is 0.683. The highest BCUT2D eigenvalue weighted by atomic mass is 32.1. The molecular weight excluding hydrogens is 384 g/mol. The standard InChI is InChI=1S/C23H22N2O3S/c1-15-8-9-17(10-16(15)2)20-13-29-22-21(20)23(27)25(14-24-22)11-18(26)12-28-19-6-4-3-5-7-19/h3-10,13-14,18,26H,11-12H2,1-2H3. The summed E-state index contributed by atoms with van der Waals surface area (Å²) in [5, 5.41) is 12.9. The molecule has 2 aromatic heterocycles. The van der Waals surface area contributed by atoms with E-state index < -0.39 is 6.10 Å². The van der Waals surface area contributed by atoms with Gasteiger partial charge < -0.3 is 9.84 Å². The number of fused-ring (bicyclic) bond motifs is 1. The number of para-hydroxylation sites is 1. The van der Waals surface area contributed by atoms with Crippen molar-refractivity contribution in [2.24, 2.45) is 0 Å². The molecule has 6 heteroatoms. The third kappa shape index (κ3) is 4.09. The van der Waals surface area contributed by atoms with Crippen LogP contribution in [0.2, 0.25) is 0 Å². The van der Waals surface area contributed by atoms with Crippen molar-refractivity contribution in [1.82, 2.24) is 9.55 Å². The topological polar surface area (TPSA) is 64.3 Å². The number of aryl methyl sites for hydroxylation is 2. The number of thiophene rings is 1. The number of aromatic nitrogens is 2. The minimum atomic E-state index is -0.823. The monoisotopic (exact) mass is 406 g/mol. The number of hydrogen-bond acceptors (Lipinski definition) is 5. The molecule has 0 aliphatic heterocycles. The Kier molecular flexibility index (Phi) is 5.47. The third-order valence-corrected chi connectivity index (χ3v) is 5.86. The number of aliphatic hydroxyl groups is 1. The molecular formula is C23H22N2O3S. The predicted molar refractivity (Wildman–Crippen MR) is 117 cm³/mol. The number of nitrogens with zero attached hydrogens (tertiary/aromatic N) is 2. The van der Waals surface area contributed by atoms with Gasteiger partial charge in [-0.15, -0.1) is 11.3 Å². The van der Waals surface area contributed by atoms with Crippen LogP contribution in [0.4, 0.5) is 0 Å². The highest BCUT2D eigenvalue weighted by Crippen LogP contribution is 2.31. The molecule has 4 aromatic rings. The molecule has 1 atom stereocenters. The maximum atomic E-state index is 13.1. The fourth-order valence-corrected chi connectivity index (χ4v) is 4.11. The first-order valence-electron chi connectivity index (χ1n) is 9.43. The van der Waals surface area contributed by atoms with E-state index in [1.807, 2.05) is 41.8 Å². The first-order valence-corrected chi connectivity index (χ1v) is 10.3. The van der Waals surface area contributed by atoms with Crippen molar-refractivity contribution in [2.45, 2.75) is 26.5 Å². The Labute approximate surface area is 172 Å². The average Bonchev–Trinajstić information content (AvgIpc) is 3.16. The van der Waals surface area contributed by atoms with E-state index in [-0.39, 0.29) is 18.7 Å². The first kappa shape index (κ1) is 19.4. The molecule has 0 fully saturated rings. The fraction of sp³-hybridized carbons (Fsp3) is 0.217. The molecule has 0 radical (unpaired) electrons. The van der Waals surface area contributed by atoms with E-state index in [1.165, 1.54) is 33.4 Å². The molecule has 0 saturated heterocycles. The van der Waals surface area contributed by atoms with E-state index >= 15 is 0 Å². The second kappa shape index (κ2) is 8.19. The summed E-state index contributed by atoms with van der Waals surface area (Å²) in [6.45, 7) is 4.35. The maximum Gasteiger partial charge on any atom is 0.262 e. The molecule has 0 aliphatic rings. The lowest BCUT2D eigenvalue weighted by Crippen LogP contribution is -2.30. The number of benzene rings is 2. The second-order valence-corrected chi connectivity index (χ2v) is 7.97. The van der Waals surface area contributed by atoms with Gasteiger partial charge in [0.15, 0.2) is 0 Å². The average molecular weight is 407 g/mol. The van der Waals surface area contributed by atoms with Crippen molar-refractivity contribution < 1.29 is 9.84 Å². The highest BCUT2D eigenvalue weighted by Gasteiger charge is 2.15. The van der Waals surface area contributed by atoms with Crippen LogP contribution in [0, 0.1) is 13.8 Å². The zero-order chi connectivity index (χ0) is 20.4. The maximum absolute atomic E-state index is 13.1. The molecule has 29 heavy (non-hydrogen) atoms. The van der Waals surface area contributed by atoms with Gasteiger partial charge in [0, 0.05) is 10.9 Å². The van der Waals surface area contributed by atoms with Crippen molar-refractivity contribution in [3.63, 3.8) is 0 Å². The van der Waals surface area contributed by atoms with Gasteiger partial charge in [0.05, 0.1) is 18.3 Å². The van der Waals surface area contributed by atoms with E-state index in [0.29, 0.717) is 16.0 Å². The van der Waals surface area contributed by atoms with Gasteiger partial charge in [0.25, 0.3) is 5.56 Å². The van der Waals surface area contributed by atoms with Crippen molar-refractivity contribution in [3.05, 3.63) is 81.7 Å². The second-order valence-electron chi connectivity index (χ2n) is 7.11. The van der Waals surface area contributed by atoms with Crippen LogP contribution in [0.15, 0.2) is 65.0 Å². The molecule has 0 amide bonds. The minimum absolute atomic E-state index is 0.0993. The largest absolute Gasteiger partial charge is 0.491 e. The van der Waals surface area contributed by atoms with Gasteiger partial charge in [-0.05, 0) is 42.7 Å². The van der Waals surface area contributed by atoms with E-state index in [1.54, 1.807) is 0 Å². The predicted octanol–water partition coefficient (Wildman–Crippen LogP) is 4.18. The lowest BCUT2D eigenvalue weighted by molar-refractivity contribution is 0.0915. The van der Waals surface area contributed by atoms with Crippen LogP contribution in [0.25, 0.3) is 21.3 Å². The number of hydrogen-bond donors (Lipinski definition) is 1. The molecule has 2 heterocycles. The van der Waals surface area contributed by atoms with Gasteiger partial charge in [0.2, 0.25) is 0 Å². The van der Waals surface area contributed by atoms with Crippen molar-refractivity contribution in [1.29, 1.82) is 0 Å². The normalized spacial score (nSPS) is 12.2. The molecule has 0 spiro atoms. The van der Waals surface area contributed by atoms with E-state index in [0.717, 1.165) is 11.1 Å². The zero-order valence-electron chi connectivity index (χ0n) is 16.3. The van der Waals surface area contributed by atoms with Crippen LogP contribution >= 0.6 is 11.3 Å². The Hall–Kier alpha value is -2.96. The van der Waals surface area contributed by atoms with E-state index in [2.05, 4.69) is 31.0 Å². The van der Waals surface area contributed by atoms with Gasteiger partial charge >= 0.3 is 0 Å². The van der Waals surface area contributed by atoms with E-state index in [9.17, 15) is 9.90 Å². The Balaban J connectivity index is 1.60. The van der Waals surface area contributed by atoms with Crippen LogP contribution in [0.3, 0.4) is 0 Å². The Morgan fingerprint density at radius 2 is 1.93 bits per heavy atom. The summed E-state index contributed by atoms with van der Waals surface area (Å²) in [7, 11) is 0. The molecule has 0 saturated carbocycles. The van der Waals surface area contributed by atoms with Crippen molar-refractivity contribution >= 4 is 21.6 Å². The van der Waals surface area contributed by atoms with Crippen LogP contribution in [0.5, 0.6) is 5.75 Å². The third-order valence-electron chi connectivity index (χ3n) is 4.97.